The van der Waals surface area contributed by atoms with E-state index in [1.54, 1.807) is 54.6 Å². The Kier molecular flexibility index (Phi) is 7.15. The number of esters is 1. The van der Waals surface area contributed by atoms with Gasteiger partial charge in [0, 0.05) is 0 Å². The summed E-state index contributed by atoms with van der Waals surface area (Å²) >= 11 is 0. The van der Waals surface area contributed by atoms with E-state index in [9.17, 15) is 14.4 Å². The maximum absolute atomic E-state index is 12.0. The highest BCUT2D eigenvalue weighted by Gasteiger charge is 2.15. The molecule has 0 spiro atoms. The van der Waals surface area contributed by atoms with Gasteiger partial charge in [-0.3, -0.25) is 9.59 Å². The Morgan fingerprint density at radius 1 is 1.00 bits per heavy atom. The first-order valence-electron chi connectivity index (χ1n) is 9.28. The second kappa shape index (κ2) is 10.4. The lowest BCUT2D eigenvalue weighted by Gasteiger charge is -2.10. The normalized spacial score (nSPS) is 10.5. The van der Waals surface area contributed by atoms with Gasteiger partial charge in [0.05, 0.1) is 24.8 Å². The number of carbonyl (C=O) groups is 3. The van der Waals surface area contributed by atoms with Crippen LogP contribution in [0.5, 0.6) is 11.5 Å². The van der Waals surface area contributed by atoms with Crippen molar-refractivity contribution in [3.05, 3.63) is 78.3 Å². The van der Waals surface area contributed by atoms with Crippen LogP contribution in [-0.4, -0.2) is 30.6 Å². The number of nitrogens with one attached hydrogen (secondary N) is 2. The molecule has 0 radical (unpaired) electrons. The molecule has 9 heteroatoms. The number of hydrogen-bond acceptors (Lipinski definition) is 7. The van der Waals surface area contributed by atoms with Crippen molar-refractivity contribution in [2.24, 2.45) is 5.10 Å². The molecule has 31 heavy (non-hydrogen) atoms. The molecule has 0 aliphatic carbocycles. The molecule has 0 aliphatic rings. The molecule has 0 unspecified atom stereocenters. The predicted octanol–water partition coefficient (Wildman–Crippen LogP) is 2.99. The number of para-hydroxylation sites is 2. The Hall–Kier alpha value is -4.40. The van der Waals surface area contributed by atoms with Gasteiger partial charge in [0.2, 0.25) is 5.76 Å². The Bertz CT molecular complexity index is 1070. The number of amides is 2. The van der Waals surface area contributed by atoms with Crippen molar-refractivity contribution in [1.29, 1.82) is 0 Å². The molecule has 1 heterocycles. The van der Waals surface area contributed by atoms with Crippen molar-refractivity contribution in [1.82, 2.24) is 5.43 Å². The zero-order chi connectivity index (χ0) is 22.1. The fourth-order valence-electron chi connectivity index (χ4n) is 2.42. The lowest BCUT2D eigenvalue weighted by atomic mass is 10.2. The largest absolute Gasteiger partial charge is 0.492 e. The predicted molar refractivity (Wildman–Crippen MR) is 112 cm³/mol. The molecular weight excluding hydrogens is 402 g/mol. The van der Waals surface area contributed by atoms with E-state index in [1.165, 1.54) is 18.5 Å². The first-order valence-corrected chi connectivity index (χ1v) is 9.28. The lowest BCUT2D eigenvalue weighted by molar-refractivity contribution is -0.136. The molecule has 9 nitrogen and oxygen atoms in total. The first-order chi connectivity index (χ1) is 15.1. The van der Waals surface area contributed by atoms with E-state index in [4.69, 9.17) is 13.9 Å². The van der Waals surface area contributed by atoms with Crippen LogP contribution < -0.4 is 20.2 Å². The molecular formula is C22H19N3O6. The van der Waals surface area contributed by atoms with E-state index in [2.05, 4.69) is 15.8 Å². The second-order valence-corrected chi connectivity index (χ2v) is 6.02. The highest BCUT2D eigenvalue weighted by atomic mass is 16.5. The maximum atomic E-state index is 12.0. The van der Waals surface area contributed by atoms with Crippen molar-refractivity contribution < 1.29 is 28.3 Å². The molecule has 0 aliphatic heterocycles. The van der Waals surface area contributed by atoms with Crippen LogP contribution in [-0.2, 0) is 9.59 Å². The fourth-order valence-corrected chi connectivity index (χ4v) is 2.42. The minimum Gasteiger partial charge on any atom is -0.492 e. The summed E-state index contributed by atoms with van der Waals surface area (Å²) in [6, 6.07) is 16.2. The SMILES string of the molecule is CCOc1ccccc1NC(=O)C(=O)N/N=C/c1ccc(OC(=O)c2ccco2)cc1. The smallest absolute Gasteiger partial charge is 0.379 e. The second-order valence-electron chi connectivity index (χ2n) is 6.02. The number of rotatable bonds is 7. The van der Waals surface area contributed by atoms with E-state index in [0.717, 1.165) is 0 Å². The molecule has 0 atom stereocenters. The lowest BCUT2D eigenvalue weighted by Crippen LogP contribution is -2.32. The summed E-state index contributed by atoms with van der Waals surface area (Å²) in [4.78, 5) is 35.8. The quantitative estimate of drug-likeness (QED) is 0.199. The zero-order valence-electron chi connectivity index (χ0n) is 16.5. The number of anilines is 1. The molecule has 2 N–H and O–H groups in total. The molecule has 0 fully saturated rings. The van der Waals surface area contributed by atoms with E-state index in [0.29, 0.717) is 29.4 Å². The van der Waals surface area contributed by atoms with E-state index < -0.39 is 17.8 Å². The number of hydrazone groups is 1. The first kappa shape index (κ1) is 21.3. The van der Waals surface area contributed by atoms with Crippen LogP contribution in [0.3, 0.4) is 0 Å². The van der Waals surface area contributed by atoms with Gasteiger partial charge in [0.25, 0.3) is 0 Å². The summed E-state index contributed by atoms with van der Waals surface area (Å²) in [6.07, 6.45) is 2.72. The summed E-state index contributed by atoms with van der Waals surface area (Å²) in [5.41, 5.74) is 3.14. The number of benzene rings is 2. The molecule has 0 saturated carbocycles. The van der Waals surface area contributed by atoms with Gasteiger partial charge in [0.15, 0.2) is 0 Å². The number of hydrogen-bond donors (Lipinski definition) is 2. The Balaban J connectivity index is 1.51. The Labute approximate surface area is 177 Å². The van der Waals surface area contributed by atoms with Gasteiger partial charge in [-0.15, -0.1) is 0 Å². The summed E-state index contributed by atoms with van der Waals surface area (Å²) in [6.45, 7) is 2.24. The van der Waals surface area contributed by atoms with Gasteiger partial charge in [-0.05, 0) is 61.0 Å². The van der Waals surface area contributed by atoms with Crippen LogP contribution in [0, 0.1) is 0 Å². The van der Waals surface area contributed by atoms with Gasteiger partial charge >= 0.3 is 17.8 Å². The van der Waals surface area contributed by atoms with Crippen LogP contribution in [0.25, 0.3) is 0 Å². The Morgan fingerprint density at radius 3 is 2.48 bits per heavy atom. The van der Waals surface area contributed by atoms with Crippen LogP contribution in [0.15, 0.2) is 76.4 Å². The van der Waals surface area contributed by atoms with Gasteiger partial charge in [0.1, 0.15) is 11.5 Å². The van der Waals surface area contributed by atoms with Crippen molar-refractivity contribution in [3.63, 3.8) is 0 Å². The van der Waals surface area contributed by atoms with Crippen molar-refractivity contribution in [3.8, 4) is 11.5 Å². The highest BCUT2D eigenvalue weighted by Crippen LogP contribution is 2.23. The van der Waals surface area contributed by atoms with Crippen molar-refractivity contribution in [2.75, 3.05) is 11.9 Å². The summed E-state index contributed by atoms with van der Waals surface area (Å²) in [5.74, 6) is -1.57. The standard InChI is InChI=1S/C22H19N3O6/c1-2-29-18-7-4-3-6-17(18)24-20(26)21(27)25-23-14-15-9-11-16(12-10-15)31-22(28)19-8-5-13-30-19/h3-14H,2H2,1H3,(H,24,26)(H,25,27)/b23-14+. The fraction of sp³-hybridized carbons (Fsp3) is 0.0909. The van der Waals surface area contributed by atoms with Crippen LogP contribution in [0.1, 0.15) is 23.0 Å². The molecule has 3 rings (SSSR count). The minimum absolute atomic E-state index is 0.0931. The van der Waals surface area contributed by atoms with E-state index >= 15 is 0 Å². The number of nitrogens with zero attached hydrogens (tertiary/aromatic N) is 1. The molecule has 158 valence electrons. The molecule has 0 saturated heterocycles. The third-order valence-corrected chi connectivity index (χ3v) is 3.83. The average molecular weight is 421 g/mol. The van der Waals surface area contributed by atoms with Crippen LogP contribution >= 0.6 is 0 Å². The average Bonchev–Trinajstić information content (AvgIpc) is 3.31. The minimum atomic E-state index is -0.938. The van der Waals surface area contributed by atoms with Crippen LogP contribution in [0.4, 0.5) is 5.69 Å². The number of carbonyl (C=O) groups excluding carboxylic acids is 3. The van der Waals surface area contributed by atoms with Gasteiger partial charge in [-0.2, -0.15) is 5.10 Å². The topological polar surface area (TPSA) is 119 Å². The molecule has 0 bridgehead atoms. The summed E-state index contributed by atoms with van der Waals surface area (Å²) < 4.78 is 15.5. The van der Waals surface area contributed by atoms with Gasteiger partial charge in [-0.25, -0.2) is 10.2 Å². The third-order valence-electron chi connectivity index (χ3n) is 3.83. The van der Waals surface area contributed by atoms with Crippen LogP contribution in [0.2, 0.25) is 0 Å². The number of ether oxygens (including phenoxy) is 2. The molecule has 1 aromatic heterocycles. The zero-order valence-corrected chi connectivity index (χ0v) is 16.5. The monoisotopic (exact) mass is 421 g/mol. The van der Waals surface area contributed by atoms with Crippen molar-refractivity contribution >= 4 is 29.7 Å². The summed E-state index contributed by atoms with van der Waals surface area (Å²) in [5, 5.41) is 6.23. The molecule has 2 aromatic carbocycles. The van der Waals surface area contributed by atoms with E-state index in [1.807, 2.05) is 6.92 Å². The highest BCUT2D eigenvalue weighted by molar-refractivity contribution is 6.39. The third kappa shape index (κ3) is 6.04. The van der Waals surface area contributed by atoms with E-state index in [-0.39, 0.29) is 5.76 Å². The van der Waals surface area contributed by atoms with Gasteiger partial charge < -0.3 is 19.2 Å². The molecule has 2 amide bonds. The summed E-state index contributed by atoms with van der Waals surface area (Å²) in [7, 11) is 0. The van der Waals surface area contributed by atoms with Gasteiger partial charge in [-0.1, -0.05) is 12.1 Å². The molecule has 3 aromatic rings. The van der Waals surface area contributed by atoms with Crippen molar-refractivity contribution in [2.45, 2.75) is 6.92 Å². The number of furan rings is 1. The maximum Gasteiger partial charge on any atom is 0.379 e. The Morgan fingerprint density at radius 2 is 1.77 bits per heavy atom.